The SMILES string of the molecule is CC(=O)[O-].CN1CCOCC1.[Na+]. The first kappa shape index (κ1) is 14.9. The van der Waals surface area contributed by atoms with E-state index in [-0.39, 0.29) is 29.6 Å². The third-order valence-electron chi connectivity index (χ3n) is 1.23. The van der Waals surface area contributed by atoms with Crippen molar-refractivity contribution in [3.8, 4) is 0 Å². The van der Waals surface area contributed by atoms with E-state index in [1.54, 1.807) is 0 Å². The Labute approximate surface area is 95.2 Å². The minimum atomic E-state index is -1.08. The number of hydrogen-bond donors (Lipinski definition) is 0. The summed E-state index contributed by atoms with van der Waals surface area (Å²) in [6, 6.07) is 0. The molecular formula is C7H14NNaO3. The van der Waals surface area contributed by atoms with Crippen LogP contribution in [0.15, 0.2) is 0 Å². The van der Waals surface area contributed by atoms with Gasteiger partial charge in [0.15, 0.2) is 0 Å². The van der Waals surface area contributed by atoms with E-state index < -0.39 is 5.97 Å². The number of morpholine rings is 1. The van der Waals surface area contributed by atoms with Crippen LogP contribution in [0.5, 0.6) is 0 Å². The molecule has 0 radical (unpaired) electrons. The molecule has 0 aliphatic carbocycles. The summed E-state index contributed by atoms with van der Waals surface area (Å²) in [7, 11) is 2.11. The summed E-state index contributed by atoms with van der Waals surface area (Å²) in [6.07, 6.45) is 0. The normalized spacial score (nSPS) is 16.8. The summed E-state index contributed by atoms with van der Waals surface area (Å²) < 4.78 is 5.10. The molecule has 1 aliphatic rings. The molecule has 66 valence electrons. The summed E-state index contributed by atoms with van der Waals surface area (Å²) in [6.45, 7) is 4.99. The minimum absolute atomic E-state index is 0. The Kier molecular flexibility index (Phi) is 11.8. The second-order valence-electron chi connectivity index (χ2n) is 2.41. The van der Waals surface area contributed by atoms with Gasteiger partial charge in [0.2, 0.25) is 0 Å². The Morgan fingerprint density at radius 2 is 1.75 bits per heavy atom. The molecular weight excluding hydrogens is 169 g/mol. The first-order valence-electron chi connectivity index (χ1n) is 3.57. The van der Waals surface area contributed by atoms with Crippen molar-refractivity contribution in [3.63, 3.8) is 0 Å². The van der Waals surface area contributed by atoms with Crippen molar-refractivity contribution < 1.29 is 44.2 Å². The van der Waals surface area contributed by atoms with Crippen molar-refractivity contribution >= 4 is 5.97 Å². The minimum Gasteiger partial charge on any atom is -0.550 e. The molecule has 0 N–H and O–H groups in total. The predicted molar refractivity (Wildman–Crippen MR) is 39.0 cm³/mol. The van der Waals surface area contributed by atoms with Crippen LogP contribution in [0.1, 0.15) is 6.92 Å². The second-order valence-corrected chi connectivity index (χ2v) is 2.41. The average Bonchev–Trinajstić information content (AvgIpc) is 1.87. The number of carboxylic acids is 1. The van der Waals surface area contributed by atoms with Gasteiger partial charge in [-0.2, -0.15) is 0 Å². The molecule has 12 heavy (non-hydrogen) atoms. The van der Waals surface area contributed by atoms with Crippen molar-refractivity contribution in [3.05, 3.63) is 0 Å². The molecule has 0 aromatic rings. The van der Waals surface area contributed by atoms with E-state index in [1.165, 1.54) is 0 Å². The van der Waals surface area contributed by atoms with Crippen LogP contribution in [0.25, 0.3) is 0 Å². The van der Waals surface area contributed by atoms with Crippen LogP contribution >= 0.6 is 0 Å². The van der Waals surface area contributed by atoms with Gasteiger partial charge in [0.05, 0.1) is 13.2 Å². The third kappa shape index (κ3) is 13.0. The maximum atomic E-state index is 8.89. The van der Waals surface area contributed by atoms with Crippen molar-refractivity contribution in [2.24, 2.45) is 0 Å². The van der Waals surface area contributed by atoms with Crippen LogP contribution in [-0.4, -0.2) is 44.2 Å². The van der Waals surface area contributed by atoms with Gasteiger partial charge in [-0.1, -0.05) is 0 Å². The Morgan fingerprint density at radius 3 is 1.92 bits per heavy atom. The van der Waals surface area contributed by atoms with Gasteiger partial charge in [0.1, 0.15) is 0 Å². The molecule has 0 aromatic heterocycles. The molecule has 0 aromatic carbocycles. The van der Waals surface area contributed by atoms with Crippen LogP contribution in [0, 0.1) is 0 Å². The molecule has 0 bridgehead atoms. The molecule has 0 unspecified atom stereocenters. The zero-order valence-electron chi connectivity index (χ0n) is 8.00. The number of carboxylic acid groups (broad SMARTS) is 1. The summed E-state index contributed by atoms with van der Waals surface area (Å²) >= 11 is 0. The van der Waals surface area contributed by atoms with Crippen LogP contribution in [-0.2, 0) is 9.53 Å². The second kappa shape index (κ2) is 9.48. The van der Waals surface area contributed by atoms with Crippen molar-refractivity contribution in [1.82, 2.24) is 4.90 Å². The Hall–Kier alpha value is 0.390. The van der Waals surface area contributed by atoms with Gasteiger partial charge < -0.3 is 19.5 Å². The third-order valence-corrected chi connectivity index (χ3v) is 1.23. The molecule has 0 saturated carbocycles. The quantitative estimate of drug-likeness (QED) is 0.357. The van der Waals surface area contributed by atoms with Gasteiger partial charge in [-0.3, -0.25) is 0 Å². The molecule has 0 amide bonds. The first-order chi connectivity index (χ1) is 5.13. The fraction of sp³-hybridized carbons (Fsp3) is 0.857. The number of rotatable bonds is 0. The smallest absolute Gasteiger partial charge is 0.550 e. The van der Waals surface area contributed by atoms with E-state index in [0.717, 1.165) is 33.2 Å². The number of likely N-dealkylation sites (N-methyl/N-ethyl adjacent to an activating group) is 1. The number of ether oxygens (including phenoxy) is 1. The largest absolute Gasteiger partial charge is 1.00 e. The van der Waals surface area contributed by atoms with Crippen LogP contribution < -0.4 is 34.7 Å². The molecule has 1 heterocycles. The monoisotopic (exact) mass is 183 g/mol. The molecule has 4 nitrogen and oxygen atoms in total. The standard InChI is InChI=1S/C5H11NO.C2H4O2.Na/c1-6-2-4-7-5-3-6;1-2(3)4;/h2-5H2,1H3;1H3,(H,3,4);/q;;+1/p-1. The van der Waals surface area contributed by atoms with E-state index in [4.69, 9.17) is 14.6 Å². The van der Waals surface area contributed by atoms with Gasteiger partial charge in [-0.25, -0.2) is 0 Å². The molecule has 5 heteroatoms. The van der Waals surface area contributed by atoms with Crippen LogP contribution in [0.4, 0.5) is 0 Å². The number of nitrogens with zero attached hydrogens (tertiary/aromatic N) is 1. The number of aliphatic carboxylic acids is 1. The van der Waals surface area contributed by atoms with Crippen LogP contribution in [0.2, 0.25) is 0 Å². The maximum absolute atomic E-state index is 8.89. The van der Waals surface area contributed by atoms with Gasteiger partial charge in [-0.05, 0) is 14.0 Å². The summed E-state index contributed by atoms with van der Waals surface area (Å²) in [4.78, 5) is 11.2. The zero-order valence-corrected chi connectivity index (χ0v) is 10.0. The Balaban J connectivity index is 0. The van der Waals surface area contributed by atoms with E-state index in [1.807, 2.05) is 0 Å². The first-order valence-corrected chi connectivity index (χ1v) is 3.57. The summed E-state index contributed by atoms with van der Waals surface area (Å²) in [5.74, 6) is -1.08. The van der Waals surface area contributed by atoms with Gasteiger partial charge >= 0.3 is 29.6 Å². The van der Waals surface area contributed by atoms with E-state index >= 15 is 0 Å². The van der Waals surface area contributed by atoms with Gasteiger partial charge in [-0.15, -0.1) is 0 Å². The topological polar surface area (TPSA) is 52.6 Å². The maximum Gasteiger partial charge on any atom is 1.00 e. The van der Waals surface area contributed by atoms with E-state index in [9.17, 15) is 0 Å². The van der Waals surface area contributed by atoms with Gasteiger partial charge in [0.25, 0.3) is 0 Å². The summed E-state index contributed by atoms with van der Waals surface area (Å²) in [5.41, 5.74) is 0. The molecule has 1 rings (SSSR count). The number of hydrogen-bond acceptors (Lipinski definition) is 4. The Bertz CT molecular complexity index is 111. The zero-order chi connectivity index (χ0) is 8.69. The predicted octanol–water partition coefficient (Wildman–Crippen LogP) is -4.29. The van der Waals surface area contributed by atoms with Crippen molar-refractivity contribution in [2.75, 3.05) is 33.4 Å². The Morgan fingerprint density at radius 1 is 1.42 bits per heavy atom. The number of carbonyl (C=O) groups is 1. The fourth-order valence-electron chi connectivity index (χ4n) is 0.655. The number of carbonyl (C=O) groups excluding carboxylic acids is 1. The van der Waals surface area contributed by atoms with Crippen molar-refractivity contribution in [1.29, 1.82) is 0 Å². The summed E-state index contributed by atoms with van der Waals surface area (Å²) in [5, 5.41) is 8.89. The van der Waals surface area contributed by atoms with E-state index in [0.29, 0.717) is 0 Å². The fourth-order valence-corrected chi connectivity index (χ4v) is 0.655. The molecule has 1 saturated heterocycles. The van der Waals surface area contributed by atoms with Gasteiger partial charge in [0, 0.05) is 19.1 Å². The average molecular weight is 183 g/mol. The molecule has 1 fully saturated rings. The van der Waals surface area contributed by atoms with Crippen molar-refractivity contribution in [2.45, 2.75) is 6.92 Å². The molecule has 0 atom stereocenters. The van der Waals surface area contributed by atoms with E-state index in [2.05, 4.69) is 11.9 Å². The molecule has 0 spiro atoms. The molecule has 1 aliphatic heterocycles. The van der Waals surface area contributed by atoms with Crippen LogP contribution in [0.3, 0.4) is 0 Å².